The monoisotopic (exact) mass is 246 g/mol. The lowest BCUT2D eigenvalue weighted by Gasteiger charge is -2.13. The Morgan fingerprint density at radius 2 is 1.74 bits per heavy atom. The maximum Gasteiger partial charge on any atom is 0.0542 e. The zero-order valence-corrected chi connectivity index (χ0v) is 10.8. The number of H-pyrrole nitrogens is 1. The lowest BCUT2D eigenvalue weighted by molar-refractivity contribution is 1.04. The number of hydrogen-bond acceptors (Lipinski definition) is 0. The Balaban J connectivity index is 2.06. The van der Waals surface area contributed by atoms with Crippen molar-refractivity contribution in [3.05, 3.63) is 90.5 Å². The molecule has 0 saturated heterocycles. The van der Waals surface area contributed by atoms with E-state index in [9.17, 15) is 0 Å². The van der Waals surface area contributed by atoms with E-state index in [4.69, 9.17) is 0 Å². The molecule has 0 aliphatic carbocycles. The fraction of sp³-hybridized carbons (Fsp3) is 0.0556. The van der Waals surface area contributed by atoms with Gasteiger partial charge >= 0.3 is 0 Å². The van der Waals surface area contributed by atoms with Crippen LogP contribution >= 0.6 is 0 Å². The molecule has 0 amide bonds. The Kier molecular flexibility index (Phi) is 3.20. The molecule has 0 unspecified atom stereocenters. The Bertz CT molecular complexity index is 646. The second-order valence-electron chi connectivity index (χ2n) is 4.61. The molecule has 1 nitrogen and oxygen atoms in total. The molecule has 1 radical (unpaired) electrons. The summed E-state index contributed by atoms with van der Waals surface area (Å²) in [5.74, 6) is 1.28. The number of aromatic amines is 1. The molecule has 0 fully saturated rings. The highest BCUT2D eigenvalue weighted by molar-refractivity contribution is 5.81. The number of nitrogens with one attached hydrogen (secondary N) is 1. The van der Waals surface area contributed by atoms with Gasteiger partial charge in [-0.05, 0) is 29.5 Å². The van der Waals surface area contributed by atoms with Crippen LogP contribution < -0.4 is 0 Å². The Labute approximate surface area is 113 Å². The standard InChI is InChI=1S/C18H16N/c1-2-8-16(14-9-4-3-5-10-14)18-13-15-11-6-7-12-17(15)19-18/h2-7,9-13,19H,1,8H2. The van der Waals surface area contributed by atoms with Crippen LogP contribution in [0.4, 0.5) is 0 Å². The van der Waals surface area contributed by atoms with Crippen LogP contribution in [0, 0.1) is 5.92 Å². The summed E-state index contributed by atoms with van der Waals surface area (Å²) in [6, 6.07) is 21.0. The molecule has 0 spiro atoms. The normalized spacial score (nSPS) is 11.0. The summed E-state index contributed by atoms with van der Waals surface area (Å²) in [7, 11) is 0. The summed E-state index contributed by atoms with van der Waals surface area (Å²) >= 11 is 0. The third-order valence-corrected chi connectivity index (χ3v) is 3.33. The molecule has 0 atom stereocenters. The molecular formula is C18H16N. The van der Waals surface area contributed by atoms with Gasteiger partial charge < -0.3 is 4.98 Å². The Morgan fingerprint density at radius 3 is 2.47 bits per heavy atom. The topological polar surface area (TPSA) is 15.8 Å². The van der Waals surface area contributed by atoms with Gasteiger partial charge in [-0.15, -0.1) is 6.58 Å². The van der Waals surface area contributed by atoms with E-state index < -0.39 is 0 Å². The fourth-order valence-corrected chi connectivity index (χ4v) is 2.40. The van der Waals surface area contributed by atoms with Crippen LogP contribution in [0.2, 0.25) is 0 Å². The van der Waals surface area contributed by atoms with Crippen molar-refractivity contribution in [1.29, 1.82) is 0 Å². The first-order valence-corrected chi connectivity index (χ1v) is 6.49. The minimum Gasteiger partial charge on any atom is -0.358 e. The van der Waals surface area contributed by atoms with E-state index in [-0.39, 0.29) is 0 Å². The number of fused-ring (bicyclic) bond motifs is 1. The number of allylic oxidation sites excluding steroid dienone is 1. The van der Waals surface area contributed by atoms with E-state index >= 15 is 0 Å². The van der Waals surface area contributed by atoms with E-state index in [1.54, 1.807) is 0 Å². The first-order chi connectivity index (χ1) is 9.38. The molecular weight excluding hydrogens is 230 g/mol. The molecule has 0 aliphatic heterocycles. The fourth-order valence-electron chi connectivity index (χ4n) is 2.40. The molecule has 1 heteroatoms. The lowest BCUT2D eigenvalue weighted by Crippen LogP contribution is -2.01. The smallest absolute Gasteiger partial charge is 0.0542 e. The van der Waals surface area contributed by atoms with Crippen molar-refractivity contribution in [3.8, 4) is 0 Å². The van der Waals surface area contributed by atoms with Crippen LogP contribution in [0.25, 0.3) is 10.9 Å². The van der Waals surface area contributed by atoms with Crippen molar-refractivity contribution in [2.24, 2.45) is 0 Å². The minimum absolute atomic E-state index is 0.858. The summed E-state index contributed by atoms with van der Waals surface area (Å²) in [5, 5.41) is 1.25. The quantitative estimate of drug-likeness (QED) is 0.641. The molecule has 2 aromatic carbocycles. The molecule has 1 heterocycles. The first kappa shape index (κ1) is 11.8. The average molecular weight is 246 g/mol. The summed E-state index contributed by atoms with van der Waals surface area (Å²) < 4.78 is 0. The van der Waals surface area contributed by atoms with Crippen LogP contribution in [-0.4, -0.2) is 4.98 Å². The molecule has 0 bridgehead atoms. The van der Waals surface area contributed by atoms with E-state index in [1.165, 1.54) is 28.1 Å². The Morgan fingerprint density at radius 1 is 1.00 bits per heavy atom. The highest BCUT2D eigenvalue weighted by Gasteiger charge is 2.15. The average Bonchev–Trinajstić information content (AvgIpc) is 2.89. The van der Waals surface area contributed by atoms with Gasteiger partial charge in [-0.25, -0.2) is 0 Å². The number of benzene rings is 2. The van der Waals surface area contributed by atoms with Crippen LogP contribution in [0.5, 0.6) is 0 Å². The molecule has 3 aromatic rings. The predicted molar refractivity (Wildman–Crippen MR) is 81.0 cm³/mol. The maximum absolute atomic E-state index is 3.87. The highest BCUT2D eigenvalue weighted by atomic mass is 14.7. The summed E-state index contributed by atoms with van der Waals surface area (Å²) in [6.07, 6.45) is 2.81. The summed E-state index contributed by atoms with van der Waals surface area (Å²) in [4.78, 5) is 3.49. The van der Waals surface area contributed by atoms with Gasteiger partial charge in [0.15, 0.2) is 0 Å². The Hall–Kier alpha value is -2.28. The van der Waals surface area contributed by atoms with Gasteiger partial charge in [-0.2, -0.15) is 0 Å². The third kappa shape index (κ3) is 2.32. The van der Waals surface area contributed by atoms with Gasteiger partial charge in [0.25, 0.3) is 0 Å². The maximum atomic E-state index is 3.87. The summed E-state index contributed by atoms with van der Waals surface area (Å²) in [6.45, 7) is 3.87. The molecule has 93 valence electrons. The SMILES string of the molecule is C=CC[C](c1ccccc1)c1cc2ccccc2[nH]1. The summed E-state index contributed by atoms with van der Waals surface area (Å²) in [5.41, 5.74) is 3.59. The van der Waals surface area contributed by atoms with Crippen molar-refractivity contribution in [2.75, 3.05) is 0 Å². The van der Waals surface area contributed by atoms with E-state index in [0.29, 0.717) is 0 Å². The van der Waals surface area contributed by atoms with E-state index in [2.05, 4.69) is 66.2 Å². The van der Waals surface area contributed by atoms with E-state index in [0.717, 1.165) is 6.42 Å². The predicted octanol–water partition coefficient (Wildman–Crippen LogP) is 4.71. The van der Waals surface area contributed by atoms with E-state index in [1.807, 2.05) is 12.1 Å². The minimum atomic E-state index is 0.858. The second kappa shape index (κ2) is 5.15. The molecule has 19 heavy (non-hydrogen) atoms. The largest absolute Gasteiger partial charge is 0.358 e. The zero-order chi connectivity index (χ0) is 13.1. The van der Waals surface area contributed by atoms with Crippen LogP contribution in [0.15, 0.2) is 73.3 Å². The van der Waals surface area contributed by atoms with Crippen molar-refractivity contribution < 1.29 is 0 Å². The number of aromatic nitrogens is 1. The highest BCUT2D eigenvalue weighted by Crippen LogP contribution is 2.29. The van der Waals surface area contributed by atoms with Gasteiger partial charge in [0, 0.05) is 11.2 Å². The van der Waals surface area contributed by atoms with Gasteiger partial charge in [-0.3, -0.25) is 0 Å². The second-order valence-corrected chi connectivity index (χ2v) is 4.61. The molecule has 0 saturated carbocycles. The molecule has 1 N–H and O–H groups in total. The molecule has 0 aliphatic rings. The van der Waals surface area contributed by atoms with Crippen molar-refractivity contribution in [3.63, 3.8) is 0 Å². The van der Waals surface area contributed by atoms with Gasteiger partial charge in [-0.1, -0.05) is 54.6 Å². The molecule has 1 aromatic heterocycles. The van der Waals surface area contributed by atoms with Gasteiger partial charge in [0.2, 0.25) is 0 Å². The first-order valence-electron chi connectivity index (χ1n) is 6.49. The van der Waals surface area contributed by atoms with Crippen LogP contribution in [0.1, 0.15) is 17.7 Å². The van der Waals surface area contributed by atoms with Crippen LogP contribution in [0.3, 0.4) is 0 Å². The van der Waals surface area contributed by atoms with Gasteiger partial charge in [0.1, 0.15) is 0 Å². The van der Waals surface area contributed by atoms with Crippen LogP contribution in [-0.2, 0) is 0 Å². The number of rotatable bonds is 4. The third-order valence-electron chi connectivity index (χ3n) is 3.33. The van der Waals surface area contributed by atoms with Crippen molar-refractivity contribution >= 4 is 10.9 Å². The van der Waals surface area contributed by atoms with Crippen molar-refractivity contribution in [2.45, 2.75) is 6.42 Å². The zero-order valence-electron chi connectivity index (χ0n) is 10.8. The van der Waals surface area contributed by atoms with Crippen molar-refractivity contribution in [1.82, 2.24) is 4.98 Å². The number of para-hydroxylation sites is 1. The lowest BCUT2D eigenvalue weighted by atomic mass is 9.92. The van der Waals surface area contributed by atoms with Gasteiger partial charge in [0.05, 0.1) is 5.92 Å². The molecule has 3 rings (SSSR count). The number of hydrogen-bond donors (Lipinski definition) is 1.